The first-order valence-corrected chi connectivity index (χ1v) is 12.6. The van der Waals surface area contributed by atoms with Crippen LogP contribution < -0.4 is 10.6 Å². The highest BCUT2D eigenvalue weighted by atomic mass is 19.1. The van der Waals surface area contributed by atoms with Crippen molar-refractivity contribution in [3.05, 3.63) is 71.9 Å². The Labute approximate surface area is 215 Å². The van der Waals surface area contributed by atoms with Crippen molar-refractivity contribution in [3.63, 3.8) is 0 Å². The van der Waals surface area contributed by atoms with Crippen LogP contribution in [-0.2, 0) is 16.0 Å². The van der Waals surface area contributed by atoms with Gasteiger partial charge in [-0.05, 0) is 63.1 Å². The molecule has 1 fully saturated rings. The van der Waals surface area contributed by atoms with Crippen LogP contribution >= 0.6 is 0 Å². The van der Waals surface area contributed by atoms with E-state index in [1.165, 1.54) is 12.1 Å². The molecule has 37 heavy (non-hydrogen) atoms. The summed E-state index contributed by atoms with van der Waals surface area (Å²) in [4.78, 5) is 46.8. The van der Waals surface area contributed by atoms with Crippen LogP contribution in [0.25, 0.3) is 5.65 Å². The molecular weight excluding hydrogens is 475 g/mol. The van der Waals surface area contributed by atoms with Gasteiger partial charge in [-0.3, -0.25) is 14.4 Å². The molecule has 0 aliphatic carbocycles. The molecule has 1 aromatic carbocycles. The van der Waals surface area contributed by atoms with Gasteiger partial charge in [0.25, 0.3) is 5.91 Å². The minimum Gasteiger partial charge on any atom is -0.343 e. The lowest BCUT2D eigenvalue weighted by molar-refractivity contribution is -0.136. The smallest absolute Gasteiger partial charge is 0.274 e. The third-order valence-electron chi connectivity index (χ3n) is 6.63. The van der Waals surface area contributed by atoms with Crippen molar-refractivity contribution < 1.29 is 18.8 Å². The molecule has 3 heterocycles. The summed E-state index contributed by atoms with van der Waals surface area (Å²) in [6.45, 7) is 3.12. The number of nitrogens with zero attached hydrogens (tertiary/aromatic N) is 4. The van der Waals surface area contributed by atoms with Crippen LogP contribution in [0, 0.1) is 5.82 Å². The molecule has 10 heteroatoms. The second-order valence-electron chi connectivity index (χ2n) is 9.37. The number of hydrogen-bond donors (Lipinski definition) is 2. The summed E-state index contributed by atoms with van der Waals surface area (Å²) in [6.07, 6.45) is 5.66. The van der Waals surface area contributed by atoms with Crippen LogP contribution in [0.1, 0.15) is 35.8 Å². The van der Waals surface area contributed by atoms with Gasteiger partial charge in [-0.2, -0.15) is 0 Å². The Kier molecular flexibility index (Phi) is 8.50. The third-order valence-corrected chi connectivity index (χ3v) is 6.63. The van der Waals surface area contributed by atoms with Gasteiger partial charge in [-0.15, -0.1) is 0 Å². The molecule has 9 nitrogen and oxygen atoms in total. The number of carbonyl (C=O) groups is 3. The van der Waals surface area contributed by atoms with Crippen molar-refractivity contribution in [1.29, 1.82) is 0 Å². The molecule has 2 atom stereocenters. The number of imidazole rings is 1. The van der Waals surface area contributed by atoms with Gasteiger partial charge >= 0.3 is 0 Å². The number of nitrogens with one attached hydrogen (secondary N) is 2. The Morgan fingerprint density at radius 2 is 1.97 bits per heavy atom. The zero-order valence-electron chi connectivity index (χ0n) is 21.2. The van der Waals surface area contributed by atoms with Crippen LogP contribution in [-0.4, -0.2) is 82.2 Å². The topological polar surface area (TPSA) is 99.0 Å². The van der Waals surface area contributed by atoms with Crippen molar-refractivity contribution >= 4 is 23.4 Å². The minimum absolute atomic E-state index is 0.131. The molecule has 196 valence electrons. The van der Waals surface area contributed by atoms with E-state index >= 15 is 0 Å². The maximum absolute atomic E-state index is 13.6. The molecule has 2 N–H and O–H groups in total. The summed E-state index contributed by atoms with van der Waals surface area (Å²) in [7, 11) is 1.67. The zero-order valence-corrected chi connectivity index (χ0v) is 21.2. The maximum atomic E-state index is 13.6. The highest BCUT2D eigenvalue weighted by molar-refractivity contribution is 5.93. The molecule has 0 spiro atoms. The number of benzene rings is 1. The summed E-state index contributed by atoms with van der Waals surface area (Å²) >= 11 is 0. The largest absolute Gasteiger partial charge is 0.343 e. The predicted octanol–water partition coefficient (Wildman–Crippen LogP) is 1.87. The molecule has 0 bridgehead atoms. The number of likely N-dealkylation sites (N-methyl/N-ethyl adjacent to an activating group) is 1. The number of likely N-dealkylation sites (tertiary alicyclic amines) is 1. The molecule has 1 aliphatic rings. The number of carbonyl (C=O) groups excluding carboxylic acids is 3. The van der Waals surface area contributed by atoms with Gasteiger partial charge in [0.1, 0.15) is 23.2 Å². The Hall–Kier alpha value is -3.79. The second-order valence-corrected chi connectivity index (χ2v) is 9.37. The minimum atomic E-state index is -0.664. The van der Waals surface area contributed by atoms with E-state index in [0.29, 0.717) is 37.4 Å². The fourth-order valence-corrected chi connectivity index (χ4v) is 4.72. The summed E-state index contributed by atoms with van der Waals surface area (Å²) in [5.41, 5.74) is 1.91. The monoisotopic (exact) mass is 508 g/mol. The van der Waals surface area contributed by atoms with Gasteiger partial charge in [0.15, 0.2) is 0 Å². The average Bonchev–Trinajstić information content (AvgIpc) is 3.53. The van der Waals surface area contributed by atoms with E-state index in [-0.39, 0.29) is 36.1 Å². The number of hydrogen-bond acceptors (Lipinski definition) is 5. The SMILES string of the molecule is CNCC(=O)NC(C)C(=O)N1CCCC1CN(CCc1ccc(F)cc1)C(=O)c1cn2ccccc2n1. The molecular formula is C27H33FN6O3. The Balaban J connectivity index is 1.51. The van der Waals surface area contributed by atoms with Crippen LogP contribution in [0.15, 0.2) is 54.9 Å². The average molecular weight is 509 g/mol. The van der Waals surface area contributed by atoms with Gasteiger partial charge in [0, 0.05) is 38.1 Å². The van der Waals surface area contributed by atoms with Crippen LogP contribution in [0.3, 0.4) is 0 Å². The summed E-state index contributed by atoms with van der Waals surface area (Å²) in [5.74, 6) is -0.939. The van der Waals surface area contributed by atoms with E-state index in [9.17, 15) is 18.8 Å². The molecule has 0 radical (unpaired) electrons. The summed E-state index contributed by atoms with van der Waals surface area (Å²) in [6, 6.07) is 11.0. The number of rotatable bonds is 10. The first-order valence-electron chi connectivity index (χ1n) is 12.6. The lowest BCUT2D eigenvalue weighted by Gasteiger charge is -2.32. The predicted molar refractivity (Wildman–Crippen MR) is 137 cm³/mol. The number of pyridine rings is 1. The summed E-state index contributed by atoms with van der Waals surface area (Å²) in [5, 5.41) is 5.50. The fourth-order valence-electron chi connectivity index (χ4n) is 4.72. The van der Waals surface area contributed by atoms with Crippen molar-refractivity contribution in [2.45, 2.75) is 38.3 Å². The van der Waals surface area contributed by atoms with Crippen LogP contribution in [0.2, 0.25) is 0 Å². The summed E-state index contributed by atoms with van der Waals surface area (Å²) < 4.78 is 15.2. The maximum Gasteiger partial charge on any atom is 0.274 e. The lowest BCUT2D eigenvalue weighted by atomic mass is 10.1. The number of halogens is 1. The number of amides is 3. The van der Waals surface area contributed by atoms with Crippen molar-refractivity contribution in [2.24, 2.45) is 0 Å². The van der Waals surface area contributed by atoms with E-state index in [1.54, 1.807) is 46.5 Å². The van der Waals surface area contributed by atoms with Gasteiger partial charge in [-0.1, -0.05) is 18.2 Å². The van der Waals surface area contributed by atoms with Crippen LogP contribution in [0.4, 0.5) is 4.39 Å². The van der Waals surface area contributed by atoms with E-state index in [4.69, 9.17) is 0 Å². The van der Waals surface area contributed by atoms with Crippen molar-refractivity contribution in [3.8, 4) is 0 Å². The highest BCUT2D eigenvalue weighted by Gasteiger charge is 2.34. The van der Waals surface area contributed by atoms with E-state index < -0.39 is 6.04 Å². The standard InChI is InChI=1S/C27H33FN6O3/c1-19(30-25(35)16-29-2)26(36)34-14-5-6-22(34)17-33(15-12-20-8-10-21(28)11-9-20)27(37)23-18-32-13-4-3-7-24(32)31-23/h3-4,7-11,13,18-19,22,29H,5-6,12,14-17H2,1-2H3,(H,30,35). The van der Waals surface area contributed by atoms with Gasteiger partial charge in [0.05, 0.1) is 6.54 Å². The highest BCUT2D eigenvalue weighted by Crippen LogP contribution is 2.21. The first-order chi connectivity index (χ1) is 17.9. The molecule has 2 aromatic heterocycles. The molecule has 2 unspecified atom stereocenters. The third kappa shape index (κ3) is 6.51. The lowest BCUT2D eigenvalue weighted by Crippen LogP contribution is -2.52. The van der Waals surface area contributed by atoms with Gasteiger partial charge < -0.3 is 24.8 Å². The molecule has 1 aliphatic heterocycles. The van der Waals surface area contributed by atoms with Crippen molar-refractivity contribution in [2.75, 3.05) is 33.2 Å². The molecule has 3 amide bonds. The van der Waals surface area contributed by atoms with E-state index in [1.807, 2.05) is 24.4 Å². The zero-order chi connectivity index (χ0) is 26.4. The number of aromatic nitrogens is 2. The van der Waals surface area contributed by atoms with E-state index in [0.717, 1.165) is 18.4 Å². The second kappa shape index (κ2) is 12.0. The quantitative estimate of drug-likeness (QED) is 0.436. The molecule has 3 aromatic rings. The first kappa shape index (κ1) is 26.3. The normalized spacial score (nSPS) is 16.1. The Morgan fingerprint density at radius 1 is 1.19 bits per heavy atom. The number of fused-ring (bicyclic) bond motifs is 1. The van der Waals surface area contributed by atoms with E-state index in [2.05, 4.69) is 15.6 Å². The van der Waals surface area contributed by atoms with Crippen molar-refractivity contribution in [1.82, 2.24) is 29.8 Å². The Bertz CT molecular complexity index is 1210. The fraction of sp³-hybridized carbons (Fsp3) is 0.407. The Morgan fingerprint density at radius 3 is 2.70 bits per heavy atom. The van der Waals surface area contributed by atoms with Crippen LogP contribution in [0.5, 0.6) is 0 Å². The molecule has 4 rings (SSSR count). The van der Waals surface area contributed by atoms with Gasteiger partial charge in [0.2, 0.25) is 11.8 Å². The molecule has 1 saturated heterocycles. The van der Waals surface area contributed by atoms with Gasteiger partial charge in [-0.25, -0.2) is 9.37 Å². The molecule has 0 saturated carbocycles.